The zero-order chi connectivity index (χ0) is 10.4. The van der Waals surface area contributed by atoms with Gasteiger partial charge in [0, 0.05) is 25.5 Å². The van der Waals surface area contributed by atoms with Gasteiger partial charge in [-0.25, -0.2) is 4.98 Å². The van der Waals surface area contributed by atoms with Crippen molar-refractivity contribution in [3.8, 4) is 0 Å². The fourth-order valence-corrected chi connectivity index (χ4v) is 1.28. The van der Waals surface area contributed by atoms with Gasteiger partial charge in [-0.1, -0.05) is 0 Å². The van der Waals surface area contributed by atoms with Crippen molar-refractivity contribution in [1.29, 1.82) is 0 Å². The van der Waals surface area contributed by atoms with Crippen molar-refractivity contribution in [2.45, 2.75) is 18.7 Å². The Morgan fingerprint density at radius 2 is 2.43 bits per heavy atom. The number of rotatable bonds is 5. The molecule has 0 atom stereocenters. The third-order valence-corrected chi connectivity index (χ3v) is 2.00. The second kappa shape index (κ2) is 5.78. The van der Waals surface area contributed by atoms with Crippen molar-refractivity contribution in [2.24, 2.45) is 0 Å². The van der Waals surface area contributed by atoms with E-state index < -0.39 is 0 Å². The Bertz CT molecular complexity index is 338. The molecule has 0 spiro atoms. The summed E-state index contributed by atoms with van der Waals surface area (Å²) < 4.78 is 4.91. The Morgan fingerprint density at radius 3 is 3.07 bits per heavy atom. The predicted molar refractivity (Wildman–Crippen MR) is 54.6 cm³/mol. The predicted octanol–water partition coefficient (Wildman–Crippen LogP) is 1.09. The molecule has 0 aliphatic rings. The molecule has 0 amide bonds. The van der Waals surface area contributed by atoms with Gasteiger partial charge in [0.05, 0.1) is 5.88 Å². The van der Waals surface area contributed by atoms with Crippen molar-refractivity contribution in [3.63, 3.8) is 0 Å². The summed E-state index contributed by atoms with van der Waals surface area (Å²) in [5, 5.41) is 0. The molecule has 4 nitrogen and oxygen atoms in total. The number of H-pyrrole nitrogens is 1. The number of halogens is 1. The van der Waals surface area contributed by atoms with Crippen LogP contribution in [0, 0.1) is 0 Å². The summed E-state index contributed by atoms with van der Waals surface area (Å²) in [6.07, 6.45) is 1.59. The summed E-state index contributed by atoms with van der Waals surface area (Å²) in [5.74, 6) is 0.750. The van der Waals surface area contributed by atoms with E-state index in [-0.39, 0.29) is 11.4 Å². The number of hydrogen-bond acceptors (Lipinski definition) is 3. The van der Waals surface area contributed by atoms with Crippen molar-refractivity contribution < 1.29 is 4.74 Å². The maximum Gasteiger partial charge on any atom is 0.251 e. The van der Waals surface area contributed by atoms with Crippen LogP contribution in [0.5, 0.6) is 0 Å². The third-order valence-electron chi connectivity index (χ3n) is 1.75. The highest BCUT2D eigenvalue weighted by molar-refractivity contribution is 6.16. The fourth-order valence-electron chi connectivity index (χ4n) is 1.15. The van der Waals surface area contributed by atoms with Crippen molar-refractivity contribution in [2.75, 3.05) is 13.7 Å². The summed E-state index contributed by atoms with van der Waals surface area (Å²) in [7, 11) is 1.65. The van der Waals surface area contributed by atoms with E-state index in [1.165, 1.54) is 6.07 Å². The van der Waals surface area contributed by atoms with Gasteiger partial charge in [0.25, 0.3) is 5.56 Å². The average Bonchev–Trinajstić information content (AvgIpc) is 2.17. The Labute approximate surface area is 87.3 Å². The quantitative estimate of drug-likeness (QED) is 0.592. The van der Waals surface area contributed by atoms with Crippen LogP contribution in [0.25, 0.3) is 0 Å². The van der Waals surface area contributed by atoms with Crippen LogP contribution in [0.4, 0.5) is 0 Å². The molecule has 0 aliphatic heterocycles. The zero-order valence-corrected chi connectivity index (χ0v) is 8.80. The van der Waals surface area contributed by atoms with Gasteiger partial charge in [-0.3, -0.25) is 4.79 Å². The van der Waals surface area contributed by atoms with E-state index in [9.17, 15) is 4.79 Å². The monoisotopic (exact) mass is 216 g/mol. The van der Waals surface area contributed by atoms with Gasteiger partial charge in [0.15, 0.2) is 0 Å². The van der Waals surface area contributed by atoms with E-state index in [1.54, 1.807) is 7.11 Å². The molecule has 1 N–H and O–H groups in total. The van der Waals surface area contributed by atoms with Crippen LogP contribution in [0.15, 0.2) is 10.9 Å². The summed E-state index contributed by atoms with van der Waals surface area (Å²) in [6, 6.07) is 1.49. The summed E-state index contributed by atoms with van der Waals surface area (Å²) >= 11 is 5.57. The standard InChI is InChI=1S/C9H13ClN2O2/c1-14-4-2-3-7-5-9(13)12-8(6-10)11-7/h5H,2-4,6H2,1H3,(H,11,12,13). The number of methoxy groups -OCH3 is 1. The lowest BCUT2D eigenvalue weighted by molar-refractivity contribution is 0.195. The average molecular weight is 217 g/mol. The largest absolute Gasteiger partial charge is 0.385 e. The highest BCUT2D eigenvalue weighted by Gasteiger charge is 2.00. The number of hydrogen-bond donors (Lipinski definition) is 1. The summed E-state index contributed by atoms with van der Waals surface area (Å²) in [5.41, 5.74) is 0.615. The maximum absolute atomic E-state index is 11.1. The smallest absolute Gasteiger partial charge is 0.251 e. The minimum absolute atomic E-state index is 0.150. The highest BCUT2D eigenvalue weighted by Crippen LogP contribution is 1.99. The molecule has 0 aliphatic carbocycles. The molecule has 1 heterocycles. The molecular weight excluding hydrogens is 204 g/mol. The van der Waals surface area contributed by atoms with Gasteiger partial charge >= 0.3 is 0 Å². The molecule has 0 radical (unpaired) electrons. The SMILES string of the molecule is COCCCc1cc(=O)[nH]c(CCl)n1. The van der Waals surface area contributed by atoms with Crippen LogP contribution in [0.3, 0.4) is 0 Å². The van der Waals surface area contributed by atoms with Crippen molar-refractivity contribution in [1.82, 2.24) is 9.97 Å². The molecule has 0 bridgehead atoms. The van der Waals surface area contributed by atoms with E-state index >= 15 is 0 Å². The molecule has 1 aromatic rings. The molecule has 5 heteroatoms. The molecule has 1 rings (SSSR count). The summed E-state index contributed by atoms with van der Waals surface area (Å²) in [4.78, 5) is 17.9. The Balaban J connectivity index is 2.67. The number of alkyl halides is 1. The van der Waals surface area contributed by atoms with Crippen LogP contribution >= 0.6 is 11.6 Å². The normalized spacial score (nSPS) is 10.4. The van der Waals surface area contributed by atoms with Gasteiger partial charge in [-0.2, -0.15) is 0 Å². The van der Waals surface area contributed by atoms with Gasteiger partial charge in [0.2, 0.25) is 0 Å². The fraction of sp³-hybridized carbons (Fsp3) is 0.556. The van der Waals surface area contributed by atoms with Crippen molar-refractivity contribution in [3.05, 3.63) is 27.9 Å². The lowest BCUT2D eigenvalue weighted by atomic mass is 10.2. The molecule has 0 unspecified atom stereocenters. The van der Waals surface area contributed by atoms with Gasteiger partial charge < -0.3 is 9.72 Å². The minimum Gasteiger partial charge on any atom is -0.385 e. The molecule has 1 aromatic heterocycles. The highest BCUT2D eigenvalue weighted by atomic mass is 35.5. The second-order valence-corrected chi connectivity index (χ2v) is 3.18. The van der Waals surface area contributed by atoms with E-state index in [1.807, 2.05) is 0 Å². The van der Waals surface area contributed by atoms with Crippen LogP contribution in [-0.4, -0.2) is 23.7 Å². The summed E-state index contributed by atoms with van der Waals surface area (Å²) in [6.45, 7) is 0.671. The van der Waals surface area contributed by atoms with Crippen molar-refractivity contribution >= 4 is 11.6 Å². The third kappa shape index (κ3) is 3.47. The lowest BCUT2D eigenvalue weighted by Crippen LogP contribution is -2.12. The van der Waals surface area contributed by atoms with Crippen LogP contribution in [0.2, 0.25) is 0 Å². The minimum atomic E-state index is -0.150. The number of aryl methyl sites for hydroxylation is 1. The van der Waals surface area contributed by atoms with Gasteiger partial charge in [-0.05, 0) is 12.8 Å². The molecule has 0 saturated heterocycles. The number of aromatic nitrogens is 2. The Kier molecular flexibility index (Phi) is 4.62. The second-order valence-electron chi connectivity index (χ2n) is 2.91. The van der Waals surface area contributed by atoms with Crippen LogP contribution in [0.1, 0.15) is 17.9 Å². The van der Waals surface area contributed by atoms with E-state index in [4.69, 9.17) is 16.3 Å². The number of aromatic amines is 1. The van der Waals surface area contributed by atoms with E-state index in [0.717, 1.165) is 18.5 Å². The molecule has 0 fully saturated rings. The first-order chi connectivity index (χ1) is 6.76. The van der Waals surface area contributed by atoms with E-state index in [0.29, 0.717) is 12.4 Å². The molecule has 78 valence electrons. The first kappa shape index (κ1) is 11.2. The van der Waals surface area contributed by atoms with Gasteiger partial charge in [-0.15, -0.1) is 11.6 Å². The zero-order valence-electron chi connectivity index (χ0n) is 8.05. The lowest BCUT2D eigenvalue weighted by Gasteiger charge is -2.01. The molecule has 14 heavy (non-hydrogen) atoms. The van der Waals surface area contributed by atoms with Crippen LogP contribution < -0.4 is 5.56 Å². The number of nitrogens with zero attached hydrogens (tertiary/aromatic N) is 1. The Hall–Kier alpha value is -0.870. The molecule has 0 saturated carbocycles. The number of ether oxygens (including phenoxy) is 1. The van der Waals surface area contributed by atoms with Gasteiger partial charge in [0.1, 0.15) is 5.82 Å². The molecular formula is C9H13ClN2O2. The first-order valence-electron chi connectivity index (χ1n) is 4.40. The topological polar surface area (TPSA) is 55.0 Å². The molecule has 0 aromatic carbocycles. The first-order valence-corrected chi connectivity index (χ1v) is 4.93. The van der Waals surface area contributed by atoms with E-state index in [2.05, 4.69) is 9.97 Å². The van der Waals surface area contributed by atoms with Crippen LogP contribution in [-0.2, 0) is 17.0 Å². The number of nitrogens with one attached hydrogen (secondary N) is 1. The Morgan fingerprint density at radius 1 is 1.64 bits per heavy atom. The maximum atomic E-state index is 11.1.